The molecule has 1 aromatic heterocycles. The summed E-state index contributed by atoms with van der Waals surface area (Å²) < 4.78 is 9.05. The standard InChI is InChI=1S/C20H13Br2NO2/c1-25-20(24)16-4-2-3-5-17(16)23-18-10-12(21)6-8-14(18)15-9-7-13(22)11-19(15)23/h2-11H,1H3. The summed E-state index contributed by atoms with van der Waals surface area (Å²) in [6.07, 6.45) is 0. The predicted molar refractivity (Wildman–Crippen MR) is 108 cm³/mol. The molecule has 4 rings (SSSR count). The van der Waals surface area contributed by atoms with E-state index in [-0.39, 0.29) is 5.97 Å². The monoisotopic (exact) mass is 457 g/mol. The fraction of sp³-hybridized carbons (Fsp3) is 0.0500. The van der Waals surface area contributed by atoms with Gasteiger partial charge in [-0.05, 0) is 36.4 Å². The molecule has 0 atom stereocenters. The highest BCUT2D eigenvalue weighted by Crippen LogP contribution is 2.35. The Bertz CT molecular complexity index is 1070. The van der Waals surface area contributed by atoms with Crippen LogP contribution in [0.5, 0.6) is 0 Å². The number of methoxy groups -OCH3 is 1. The van der Waals surface area contributed by atoms with Gasteiger partial charge in [0.15, 0.2) is 0 Å². The molecule has 0 N–H and O–H groups in total. The molecule has 0 aliphatic carbocycles. The summed E-state index contributed by atoms with van der Waals surface area (Å²) in [5, 5.41) is 2.26. The third kappa shape index (κ3) is 2.68. The molecule has 0 bridgehead atoms. The molecule has 0 saturated carbocycles. The van der Waals surface area contributed by atoms with Crippen molar-refractivity contribution in [1.82, 2.24) is 4.57 Å². The number of halogens is 2. The first kappa shape index (κ1) is 16.4. The highest BCUT2D eigenvalue weighted by Gasteiger charge is 2.18. The summed E-state index contributed by atoms with van der Waals surface area (Å²) in [4.78, 5) is 12.3. The van der Waals surface area contributed by atoms with Crippen molar-refractivity contribution in [2.75, 3.05) is 7.11 Å². The normalized spacial score (nSPS) is 11.2. The van der Waals surface area contributed by atoms with Crippen molar-refractivity contribution in [3.8, 4) is 5.69 Å². The maximum Gasteiger partial charge on any atom is 0.339 e. The van der Waals surface area contributed by atoms with Gasteiger partial charge in [-0.15, -0.1) is 0 Å². The minimum absolute atomic E-state index is 0.351. The number of rotatable bonds is 2. The molecule has 0 spiro atoms. The number of carbonyl (C=O) groups excluding carboxylic acids is 1. The molecule has 1 heterocycles. The number of carbonyl (C=O) groups is 1. The van der Waals surface area contributed by atoms with E-state index in [4.69, 9.17) is 4.74 Å². The number of nitrogens with zero attached hydrogens (tertiary/aromatic N) is 1. The van der Waals surface area contributed by atoms with Crippen LogP contribution in [0.25, 0.3) is 27.5 Å². The summed E-state index contributed by atoms with van der Waals surface area (Å²) in [6.45, 7) is 0. The quantitative estimate of drug-likeness (QED) is 0.340. The number of hydrogen-bond acceptors (Lipinski definition) is 2. The zero-order valence-corrected chi connectivity index (χ0v) is 16.5. The lowest BCUT2D eigenvalue weighted by Gasteiger charge is -2.12. The van der Waals surface area contributed by atoms with Crippen LogP contribution >= 0.6 is 31.9 Å². The van der Waals surface area contributed by atoms with Gasteiger partial charge >= 0.3 is 5.97 Å². The van der Waals surface area contributed by atoms with Gasteiger partial charge in [-0.25, -0.2) is 4.79 Å². The van der Waals surface area contributed by atoms with Crippen LogP contribution in [-0.2, 0) is 4.74 Å². The van der Waals surface area contributed by atoms with E-state index in [1.54, 1.807) is 6.07 Å². The van der Waals surface area contributed by atoms with Gasteiger partial charge in [0, 0.05) is 19.7 Å². The Morgan fingerprint density at radius 1 is 0.880 bits per heavy atom. The van der Waals surface area contributed by atoms with Crippen molar-refractivity contribution in [1.29, 1.82) is 0 Å². The van der Waals surface area contributed by atoms with Gasteiger partial charge < -0.3 is 9.30 Å². The number of benzene rings is 3. The molecule has 0 unspecified atom stereocenters. The molecule has 5 heteroatoms. The zero-order chi connectivity index (χ0) is 17.6. The second kappa shape index (κ2) is 6.32. The Morgan fingerprint density at radius 3 is 2.00 bits per heavy atom. The van der Waals surface area contributed by atoms with Crippen LogP contribution in [0.4, 0.5) is 0 Å². The zero-order valence-electron chi connectivity index (χ0n) is 13.3. The van der Waals surface area contributed by atoms with Crippen LogP contribution in [0, 0.1) is 0 Å². The van der Waals surface area contributed by atoms with Gasteiger partial charge in [0.1, 0.15) is 0 Å². The smallest absolute Gasteiger partial charge is 0.339 e. The van der Waals surface area contributed by atoms with E-state index >= 15 is 0 Å². The Kier molecular flexibility index (Phi) is 4.13. The largest absolute Gasteiger partial charge is 0.465 e. The van der Waals surface area contributed by atoms with Crippen LogP contribution < -0.4 is 0 Å². The van der Waals surface area contributed by atoms with Crippen molar-refractivity contribution >= 4 is 59.6 Å². The number of para-hydroxylation sites is 1. The minimum Gasteiger partial charge on any atom is -0.465 e. The summed E-state index contributed by atoms with van der Waals surface area (Å²) in [6, 6.07) is 19.9. The molecule has 0 fully saturated rings. The topological polar surface area (TPSA) is 31.2 Å². The van der Waals surface area contributed by atoms with Crippen LogP contribution in [0.1, 0.15) is 10.4 Å². The fourth-order valence-corrected chi connectivity index (χ4v) is 3.87. The molecular weight excluding hydrogens is 446 g/mol. The first-order valence-corrected chi connectivity index (χ1v) is 9.25. The lowest BCUT2D eigenvalue weighted by molar-refractivity contribution is 0.0601. The second-order valence-corrected chi connectivity index (χ2v) is 7.50. The Morgan fingerprint density at radius 2 is 1.44 bits per heavy atom. The van der Waals surface area contributed by atoms with Gasteiger partial charge in [-0.3, -0.25) is 0 Å². The maximum atomic E-state index is 12.3. The Balaban J connectivity index is 2.19. The third-order valence-corrected chi connectivity index (χ3v) is 5.23. The number of ether oxygens (including phenoxy) is 1. The summed E-state index contributed by atoms with van der Waals surface area (Å²) in [5.41, 5.74) is 3.38. The first-order chi connectivity index (χ1) is 12.1. The Labute approximate surface area is 161 Å². The van der Waals surface area contributed by atoms with Crippen LogP contribution in [-0.4, -0.2) is 17.6 Å². The molecule has 0 aliphatic heterocycles. The van der Waals surface area contributed by atoms with Crippen molar-refractivity contribution in [2.45, 2.75) is 0 Å². The Hall–Kier alpha value is -2.11. The lowest BCUT2D eigenvalue weighted by Crippen LogP contribution is -2.07. The van der Waals surface area contributed by atoms with E-state index in [0.717, 1.165) is 36.4 Å². The lowest BCUT2D eigenvalue weighted by atomic mass is 10.1. The van der Waals surface area contributed by atoms with Crippen molar-refractivity contribution in [3.05, 3.63) is 75.2 Å². The highest BCUT2D eigenvalue weighted by atomic mass is 79.9. The molecule has 0 amide bonds. The summed E-state index contributed by atoms with van der Waals surface area (Å²) in [5.74, 6) is -0.351. The highest BCUT2D eigenvalue weighted by molar-refractivity contribution is 9.10. The number of esters is 1. The van der Waals surface area contributed by atoms with E-state index < -0.39 is 0 Å². The molecule has 4 aromatic rings. The van der Waals surface area contributed by atoms with Crippen molar-refractivity contribution in [3.63, 3.8) is 0 Å². The van der Waals surface area contributed by atoms with E-state index in [2.05, 4.69) is 60.7 Å². The molecule has 3 aromatic carbocycles. The van der Waals surface area contributed by atoms with Gasteiger partial charge in [0.25, 0.3) is 0 Å². The van der Waals surface area contributed by atoms with E-state index in [9.17, 15) is 4.79 Å². The fourth-order valence-electron chi connectivity index (χ4n) is 3.18. The average Bonchev–Trinajstić information content (AvgIpc) is 2.93. The molecule has 0 radical (unpaired) electrons. The van der Waals surface area contributed by atoms with Crippen LogP contribution in [0.15, 0.2) is 69.6 Å². The molecule has 3 nitrogen and oxygen atoms in total. The maximum absolute atomic E-state index is 12.3. The summed E-state index contributed by atoms with van der Waals surface area (Å²) in [7, 11) is 1.40. The van der Waals surface area contributed by atoms with Gasteiger partial charge in [-0.1, -0.05) is 56.1 Å². The molecule has 124 valence electrons. The number of hydrogen-bond donors (Lipinski definition) is 0. The van der Waals surface area contributed by atoms with Crippen LogP contribution in [0.2, 0.25) is 0 Å². The SMILES string of the molecule is COC(=O)c1ccccc1-n1c2cc(Br)ccc2c2ccc(Br)cc21. The number of fused-ring (bicyclic) bond motifs is 3. The van der Waals surface area contributed by atoms with Crippen molar-refractivity contribution < 1.29 is 9.53 Å². The first-order valence-electron chi connectivity index (χ1n) is 7.67. The number of aromatic nitrogens is 1. The van der Waals surface area contributed by atoms with E-state index in [1.807, 2.05) is 30.3 Å². The van der Waals surface area contributed by atoms with Gasteiger partial charge in [-0.2, -0.15) is 0 Å². The molecule has 0 aliphatic rings. The van der Waals surface area contributed by atoms with Gasteiger partial charge in [0.05, 0.1) is 29.4 Å². The van der Waals surface area contributed by atoms with Gasteiger partial charge in [0.2, 0.25) is 0 Å². The second-order valence-electron chi connectivity index (χ2n) is 5.67. The van der Waals surface area contributed by atoms with E-state index in [1.165, 1.54) is 7.11 Å². The van der Waals surface area contributed by atoms with E-state index in [0.29, 0.717) is 5.56 Å². The summed E-state index contributed by atoms with van der Waals surface area (Å²) >= 11 is 7.12. The van der Waals surface area contributed by atoms with Crippen LogP contribution in [0.3, 0.4) is 0 Å². The molecular formula is C20H13Br2NO2. The molecule has 25 heavy (non-hydrogen) atoms. The van der Waals surface area contributed by atoms with Crippen molar-refractivity contribution in [2.24, 2.45) is 0 Å². The predicted octanol–water partition coefficient (Wildman–Crippen LogP) is 6.10. The average molecular weight is 459 g/mol. The molecule has 0 saturated heterocycles. The minimum atomic E-state index is -0.351. The third-order valence-electron chi connectivity index (χ3n) is 4.24.